The van der Waals surface area contributed by atoms with Crippen molar-refractivity contribution in [2.75, 3.05) is 13.1 Å². The van der Waals surface area contributed by atoms with Crippen molar-refractivity contribution in [1.82, 2.24) is 29.2 Å². The highest BCUT2D eigenvalue weighted by Gasteiger charge is 2.27. The van der Waals surface area contributed by atoms with Crippen LogP contribution in [-0.2, 0) is 24.8 Å². The van der Waals surface area contributed by atoms with Gasteiger partial charge in [0, 0.05) is 63.5 Å². The van der Waals surface area contributed by atoms with Gasteiger partial charge in [-0.25, -0.2) is 4.98 Å². The van der Waals surface area contributed by atoms with Gasteiger partial charge in [-0.3, -0.25) is 14.5 Å². The first-order chi connectivity index (χ1) is 13.7. The Balaban J connectivity index is 1.38. The van der Waals surface area contributed by atoms with Crippen LogP contribution >= 0.6 is 0 Å². The lowest BCUT2D eigenvalue weighted by Gasteiger charge is -2.33. The third kappa shape index (κ3) is 4.30. The second-order valence-corrected chi connectivity index (χ2v) is 7.48. The van der Waals surface area contributed by atoms with E-state index in [0.717, 1.165) is 55.8 Å². The van der Waals surface area contributed by atoms with Crippen LogP contribution in [0.3, 0.4) is 0 Å². The predicted octanol–water partition coefficient (Wildman–Crippen LogP) is 2.40. The van der Waals surface area contributed by atoms with E-state index in [4.69, 9.17) is 0 Å². The van der Waals surface area contributed by atoms with Gasteiger partial charge in [0.05, 0.1) is 12.7 Å². The van der Waals surface area contributed by atoms with E-state index >= 15 is 0 Å². The number of pyridine rings is 1. The second kappa shape index (κ2) is 8.37. The molecule has 1 amide bonds. The Bertz CT molecular complexity index is 916. The molecule has 0 aromatic carbocycles. The minimum absolute atomic E-state index is 0.221. The standard InChI is InChI=1S/C21H26N6O/c1-25-14-18(13-24-25)6-7-20(28)26-10-3-5-19(16-26)21-23-9-11-27(21)15-17-4-2-8-22-12-17/h2,4,8-9,11-14,19H,3,5-7,10,15-16H2,1H3. The average Bonchev–Trinajstić information content (AvgIpc) is 3.36. The zero-order valence-corrected chi connectivity index (χ0v) is 16.2. The number of likely N-dealkylation sites (tertiary alicyclic amines) is 1. The molecule has 1 saturated heterocycles. The maximum Gasteiger partial charge on any atom is 0.222 e. The van der Waals surface area contributed by atoms with Crippen LogP contribution in [0.25, 0.3) is 0 Å². The number of aryl methyl sites for hydroxylation is 2. The van der Waals surface area contributed by atoms with Gasteiger partial charge in [-0.2, -0.15) is 5.10 Å². The summed E-state index contributed by atoms with van der Waals surface area (Å²) in [6.07, 6.45) is 14.7. The van der Waals surface area contributed by atoms with Crippen molar-refractivity contribution in [2.45, 2.75) is 38.1 Å². The molecule has 1 aliphatic heterocycles. The Morgan fingerprint density at radius 1 is 1.25 bits per heavy atom. The van der Waals surface area contributed by atoms with Gasteiger partial charge in [0.15, 0.2) is 0 Å². The number of carbonyl (C=O) groups is 1. The molecule has 7 nitrogen and oxygen atoms in total. The summed E-state index contributed by atoms with van der Waals surface area (Å²) in [6.45, 7) is 2.34. The fourth-order valence-corrected chi connectivity index (χ4v) is 3.93. The van der Waals surface area contributed by atoms with Gasteiger partial charge in [-0.15, -0.1) is 0 Å². The number of piperidine rings is 1. The van der Waals surface area contributed by atoms with E-state index in [1.54, 1.807) is 10.9 Å². The molecule has 0 N–H and O–H groups in total. The lowest BCUT2D eigenvalue weighted by atomic mass is 9.96. The number of aromatic nitrogens is 5. The average molecular weight is 378 g/mol. The van der Waals surface area contributed by atoms with Crippen molar-refractivity contribution < 1.29 is 4.79 Å². The molecule has 0 radical (unpaired) electrons. The molecule has 0 spiro atoms. The van der Waals surface area contributed by atoms with E-state index in [2.05, 4.69) is 25.7 Å². The lowest BCUT2D eigenvalue weighted by molar-refractivity contribution is -0.132. The van der Waals surface area contributed by atoms with Crippen LogP contribution in [0.4, 0.5) is 0 Å². The summed E-state index contributed by atoms with van der Waals surface area (Å²) in [5, 5.41) is 4.17. The monoisotopic (exact) mass is 378 g/mol. The molecule has 146 valence electrons. The van der Waals surface area contributed by atoms with Crippen LogP contribution in [0, 0.1) is 0 Å². The fourth-order valence-electron chi connectivity index (χ4n) is 3.93. The quantitative estimate of drug-likeness (QED) is 0.660. The largest absolute Gasteiger partial charge is 0.342 e. The number of rotatable bonds is 6. The molecular weight excluding hydrogens is 352 g/mol. The number of hydrogen-bond acceptors (Lipinski definition) is 4. The van der Waals surface area contributed by atoms with Crippen molar-refractivity contribution in [1.29, 1.82) is 0 Å². The summed E-state index contributed by atoms with van der Waals surface area (Å²) in [4.78, 5) is 23.6. The zero-order valence-electron chi connectivity index (χ0n) is 16.2. The summed E-state index contributed by atoms with van der Waals surface area (Å²) < 4.78 is 3.96. The molecule has 1 atom stereocenters. The van der Waals surface area contributed by atoms with E-state index in [9.17, 15) is 4.79 Å². The summed E-state index contributed by atoms with van der Waals surface area (Å²) in [5.74, 6) is 1.57. The number of hydrogen-bond donors (Lipinski definition) is 0. The topological polar surface area (TPSA) is 68.8 Å². The first kappa shape index (κ1) is 18.4. The molecule has 1 unspecified atom stereocenters. The van der Waals surface area contributed by atoms with Crippen molar-refractivity contribution in [3.05, 3.63) is 66.3 Å². The Labute approximate surface area is 165 Å². The molecule has 0 saturated carbocycles. The molecule has 4 heterocycles. The first-order valence-corrected chi connectivity index (χ1v) is 9.84. The highest BCUT2D eigenvalue weighted by atomic mass is 16.2. The van der Waals surface area contributed by atoms with Gasteiger partial charge in [0.25, 0.3) is 0 Å². The van der Waals surface area contributed by atoms with Gasteiger partial charge in [-0.1, -0.05) is 6.07 Å². The minimum atomic E-state index is 0.221. The van der Waals surface area contributed by atoms with Crippen molar-refractivity contribution in [3.63, 3.8) is 0 Å². The molecule has 7 heteroatoms. The third-order valence-electron chi connectivity index (χ3n) is 5.35. The van der Waals surface area contributed by atoms with Crippen LogP contribution in [-0.4, -0.2) is 48.2 Å². The van der Waals surface area contributed by atoms with Crippen molar-refractivity contribution in [3.8, 4) is 0 Å². The van der Waals surface area contributed by atoms with Gasteiger partial charge in [-0.05, 0) is 36.5 Å². The van der Waals surface area contributed by atoms with Gasteiger partial charge < -0.3 is 9.47 Å². The number of nitrogens with zero attached hydrogens (tertiary/aromatic N) is 6. The second-order valence-electron chi connectivity index (χ2n) is 7.48. The van der Waals surface area contributed by atoms with E-state index in [1.165, 1.54) is 0 Å². The predicted molar refractivity (Wildman–Crippen MR) is 106 cm³/mol. The summed E-state index contributed by atoms with van der Waals surface area (Å²) in [6, 6.07) is 4.03. The van der Waals surface area contributed by atoms with Crippen LogP contribution in [0.2, 0.25) is 0 Å². The van der Waals surface area contributed by atoms with Gasteiger partial charge in [0.1, 0.15) is 5.82 Å². The highest BCUT2D eigenvalue weighted by Crippen LogP contribution is 2.27. The van der Waals surface area contributed by atoms with Crippen LogP contribution in [0.15, 0.2) is 49.3 Å². The summed E-state index contributed by atoms with van der Waals surface area (Å²) in [5.41, 5.74) is 2.26. The summed E-state index contributed by atoms with van der Waals surface area (Å²) in [7, 11) is 1.90. The number of carbonyl (C=O) groups excluding carboxylic acids is 1. The van der Waals surface area contributed by atoms with Crippen LogP contribution < -0.4 is 0 Å². The van der Waals surface area contributed by atoms with E-state index in [-0.39, 0.29) is 11.8 Å². The summed E-state index contributed by atoms with van der Waals surface area (Å²) >= 11 is 0. The molecule has 3 aromatic rings. The Kier molecular flexibility index (Phi) is 5.50. The minimum Gasteiger partial charge on any atom is -0.342 e. The van der Waals surface area contributed by atoms with Crippen molar-refractivity contribution in [2.24, 2.45) is 7.05 Å². The number of imidazole rings is 1. The SMILES string of the molecule is Cn1cc(CCC(=O)N2CCCC(c3nccn3Cc3cccnc3)C2)cn1. The molecule has 1 aliphatic rings. The Morgan fingerprint density at radius 3 is 2.96 bits per heavy atom. The fraction of sp³-hybridized carbons (Fsp3) is 0.429. The maximum atomic E-state index is 12.7. The molecule has 1 fully saturated rings. The van der Waals surface area contributed by atoms with E-state index in [1.807, 2.05) is 49.0 Å². The highest BCUT2D eigenvalue weighted by molar-refractivity contribution is 5.76. The Morgan fingerprint density at radius 2 is 2.18 bits per heavy atom. The lowest BCUT2D eigenvalue weighted by Crippen LogP contribution is -2.39. The molecule has 4 rings (SSSR count). The Hall–Kier alpha value is -2.96. The van der Waals surface area contributed by atoms with Crippen molar-refractivity contribution >= 4 is 5.91 Å². The van der Waals surface area contributed by atoms with Gasteiger partial charge >= 0.3 is 0 Å². The van der Waals surface area contributed by atoms with Crippen LogP contribution in [0.5, 0.6) is 0 Å². The first-order valence-electron chi connectivity index (χ1n) is 9.84. The van der Waals surface area contributed by atoms with E-state index < -0.39 is 0 Å². The number of amides is 1. The molecule has 0 aliphatic carbocycles. The molecule has 0 bridgehead atoms. The van der Waals surface area contributed by atoms with Gasteiger partial charge in [0.2, 0.25) is 5.91 Å². The van der Waals surface area contributed by atoms with Crippen LogP contribution in [0.1, 0.15) is 42.1 Å². The third-order valence-corrected chi connectivity index (χ3v) is 5.35. The molecule has 3 aromatic heterocycles. The maximum absolute atomic E-state index is 12.7. The normalized spacial score (nSPS) is 17.0. The molecule has 28 heavy (non-hydrogen) atoms. The molecular formula is C21H26N6O. The smallest absolute Gasteiger partial charge is 0.222 e. The zero-order chi connectivity index (χ0) is 19.3. The van der Waals surface area contributed by atoms with E-state index in [0.29, 0.717) is 6.42 Å².